The first kappa shape index (κ1) is 12.7. The van der Waals surface area contributed by atoms with E-state index in [-0.39, 0.29) is 5.56 Å². The van der Waals surface area contributed by atoms with Crippen LogP contribution >= 0.6 is 0 Å². The molecule has 0 aromatic heterocycles. The second-order valence-electron chi connectivity index (χ2n) is 3.24. The highest BCUT2D eigenvalue weighted by Gasteiger charge is 2.17. The molecule has 1 aromatic carbocycles. The standard InChI is InChI=1S/C11H11F3O2/c1-7(16-6-10(13)14)11(15)8-2-4-9(12)5-3-8/h2-5,7,10H,6H2,1H3. The number of ether oxygens (including phenoxy) is 1. The van der Waals surface area contributed by atoms with E-state index in [9.17, 15) is 18.0 Å². The summed E-state index contributed by atoms with van der Waals surface area (Å²) in [7, 11) is 0. The number of alkyl halides is 2. The molecule has 1 unspecified atom stereocenters. The Morgan fingerprint density at radius 2 is 1.88 bits per heavy atom. The summed E-state index contributed by atoms with van der Waals surface area (Å²) < 4.78 is 40.9. The van der Waals surface area contributed by atoms with E-state index in [4.69, 9.17) is 0 Å². The summed E-state index contributed by atoms with van der Waals surface area (Å²) in [5.41, 5.74) is 0.239. The van der Waals surface area contributed by atoms with E-state index in [0.29, 0.717) is 0 Å². The molecule has 0 aliphatic carbocycles. The average Bonchev–Trinajstić information content (AvgIpc) is 2.26. The minimum Gasteiger partial charge on any atom is -0.364 e. The fraction of sp³-hybridized carbons (Fsp3) is 0.364. The Kier molecular flexibility index (Phi) is 4.49. The van der Waals surface area contributed by atoms with Crippen LogP contribution in [0.1, 0.15) is 17.3 Å². The van der Waals surface area contributed by atoms with E-state index in [2.05, 4.69) is 4.74 Å². The predicted molar refractivity (Wildman–Crippen MR) is 52.1 cm³/mol. The van der Waals surface area contributed by atoms with Gasteiger partial charge in [-0.25, -0.2) is 13.2 Å². The third-order valence-corrected chi connectivity index (χ3v) is 1.97. The van der Waals surface area contributed by atoms with E-state index in [0.717, 1.165) is 12.1 Å². The molecule has 88 valence electrons. The summed E-state index contributed by atoms with van der Waals surface area (Å²) in [4.78, 5) is 11.6. The van der Waals surface area contributed by atoms with Crippen molar-refractivity contribution in [1.29, 1.82) is 0 Å². The van der Waals surface area contributed by atoms with E-state index in [1.165, 1.54) is 19.1 Å². The SMILES string of the molecule is CC(OCC(F)F)C(=O)c1ccc(F)cc1. The quantitative estimate of drug-likeness (QED) is 0.729. The van der Waals surface area contributed by atoms with Crippen molar-refractivity contribution in [1.82, 2.24) is 0 Å². The number of carbonyl (C=O) groups excluding carboxylic acids is 1. The monoisotopic (exact) mass is 232 g/mol. The van der Waals surface area contributed by atoms with Gasteiger partial charge in [-0.1, -0.05) is 0 Å². The second kappa shape index (κ2) is 5.65. The van der Waals surface area contributed by atoms with E-state index in [1.807, 2.05) is 0 Å². The van der Waals surface area contributed by atoms with Crippen LogP contribution in [0.4, 0.5) is 13.2 Å². The van der Waals surface area contributed by atoms with Gasteiger partial charge in [0.2, 0.25) is 0 Å². The number of ketones is 1. The van der Waals surface area contributed by atoms with Crippen molar-refractivity contribution in [2.45, 2.75) is 19.5 Å². The Balaban J connectivity index is 2.60. The third-order valence-electron chi connectivity index (χ3n) is 1.97. The molecule has 1 rings (SSSR count). The van der Waals surface area contributed by atoms with Gasteiger partial charge in [-0.2, -0.15) is 0 Å². The van der Waals surface area contributed by atoms with Gasteiger partial charge in [0.1, 0.15) is 18.5 Å². The van der Waals surface area contributed by atoms with Crippen molar-refractivity contribution < 1.29 is 22.7 Å². The zero-order valence-corrected chi connectivity index (χ0v) is 8.62. The highest BCUT2D eigenvalue weighted by atomic mass is 19.3. The molecule has 0 amide bonds. The van der Waals surface area contributed by atoms with Gasteiger partial charge < -0.3 is 4.74 Å². The summed E-state index contributed by atoms with van der Waals surface area (Å²) in [6, 6.07) is 4.85. The molecule has 0 spiro atoms. The van der Waals surface area contributed by atoms with Crippen molar-refractivity contribution in [2.24, 2.45) is 0 Å². The Hall–Kier alpha value is -1.36. The lowest BCUT2D eigenvalue weighted by Crippen LogP contribution is -2.23. The van der Waals surface area contributed by atoms with Crippen LogP contribution in [-0.2, 0) is 4.74 Å². The molecule has 0 saturated heterocycles. The van der Waals surface area contributed by atoms with Gasteiger partial charge in [-0.15, -0.1) is 0 Å². The van der Waals surface area contributed by atoms with Gasteiger partial charge in [0.25, 0.3) is 6.43 Å². The van der Waals surface area contributed by atoms with Crippen LogP contribution in [0, 0.1) is 5.82 Å². The lowest BCUT2D eigenvalue weighted by atomic mass is 10.1. The number of rotatable bonds is 5. The molecule has 0 fully saturated rings. The molecule has 0 saturated carbocycles. The van der Waals surface area contributed by atoms with Gasteiger partial charge in [0.15, 0.2) is 5.78 Å². The smallest absolute Gasteiger partial charge is 0.261 e. The van der Waals surface area contributed by atoms with Crippen LogP contribution in [0.3, 0.4) is 0 Å². The maximum atomic E-state index is 12.6. The van der Waals surface area contributed by atoms with E-state index >= 15 is 0 Å². The summed E-state index contributed by atoms with van der Waals surface area (Å²) >= 11 is 0. The van der Waals surface area contributed by atoms with Crippen LogP contribution in [0.25, 0.3) is 0 Å². The lowest BCUT2D eigenvalue weighted by Gasteiger charge is -2.11. The highest BCUT2D eigenvalue weighted by molar-refractivity contribution is 5.99. The fourth-order valence-electron chi connectivity index (χ4n) is 1.14. The Bertz CT molecular complexity index is 349. The molecule has 2 nitrogen and oxygen atoms in total. The van der Waals surface area contributed by atoms with Crippen LogP contribution < -0.4 is 0 Å². The molecule has 0 radical (unpaired) electrons. The van der Waals surface area contributed by atoms with Crippen LogP contribution in [0.2, 0.25) is 0 Å². The minimum atomic E-state index is -2.61. The Morgan fingerprint density at radius 3 is 2.38 bits per heavy atom. The minimum absolute atomic E-state index is 0.239. The molecule has 16 heavy (non-hydrogen) atoms. The lowest BCUT2D eigenvalue weighted by molar-refractivity contribution is -0.00985. The first-order valence-electron chi connectivity index (χ1n) is 4.70. The fourth-order valence-corrected chi connectivity index (χ4v) is 1.14. The third kappa shape index (κ3) is 3.66. The van der Waals surface area contributed by atoms with E-state index < -0.39 is 30.7 Å². The maximum absolute atomic E-state index is 12.6. The predicted octanol–water partition coefficient (Wildman–Crippen LogP) is 2.68. The Morgan fingerprint density at radius 1 is 1.31 bits per heavy atom. The molecule has 0 heterocycles. The van der Waals surface area contributed by atoms with Gasteiger partial charge in [-0.3, -0.25) is 4.79 Å². The molecule has 1 aromatic rings. The molecule has 0 aliphatic rings. The van der Waals surface area contributed by atoms with Crippen LogP contribution in [-0.4, -0.2) is 24.9 Å². The first-order valence-corrected chi connectivity index (χ1v) is 4.70. The van der Waals surface area contributed by atoms with Crippen LogP contribution in [0.5, 0.6) is 0 Å². The highest BCUT2D eigenvalue weighted by Crippen LogP contribution is 2.08. The van der Waals surface area contributed by atoms with Gasteiger partial charge in [-0.05, 0) is 31.2 Å². The number of Topliss-reactive ketones (excluding diaryl/α,β-unsaturated/α-hetero) is 1. The molecular weight excluding hydrogens is 221 g/mol. The molecule has 0 N–H and O–H groups in total. The molecule has 0 bridgehead atoms. The number of hydrogen-bond donors (Lipinski definition) is 0. The van der Waals surface area contributed by atoms with Crippen molar-refractivity contribution in [3.63, 3.8) is 0 Å². The summed E-state index contributed by atoms with van der Waals surface area (Å²) in [5, 5.41) is 0. The summed E-state index contributed by atoms with van der Waals surface area (Å²) in [6.45, 7) is 0.599. The van der Waals surface area contributed by atoms with Crippen molar-refractivity contribution in [3.05, 3.63) is 35.6 Å². The zero-order chi connectivity index (χ0) is 12.1. The largest absolute Gasteiger partial charge is 0.364 e. The Labute approximate surface area is 91.0 Å². The van der Waals surface area contributed by atoms with Gasteiger partial charge >= 0.3 is 0 Å². The zero-order valence-electron chi connectivity index (χ0n) is 8.62. The van der Waals surface area contributed by atoms with E-state index in [1.54, 1.807) is 0 Å². The summed E-state index contributed by atoms with van der Waals surface area (Å²) in [5.74, 6) is -0.904. The normalized spacial score (nSPS) is 12.8. The molecule has 0 aliphatic heterocycles. The average molecular weight is 232 g/mol. The number of carbonyl (C=O) groups is 1. The van der Waals surface area contributed by atoms with Gasteiger partial charge in [0.05, 0.1) is 0 Å². The number of hydrogen-bond acceptors (Lipinski definition) is 2. The first-order chi connectivity index (χ1) is 7.50. The van der Waals surface area contributed by atoms with Crippen LogP contribution in [0.15, 0.2) is 24.3 Å². The molecular formula is C11H11F3O2. The number of halogens is 3. The summed E-state index contributed by atoms with van der Waals surface area (Å²) in [6.07, 6.45) is -3.57. The second-order valence-corrected chi connectivity index (χ2v) is 3.24. The van der Waals surface area contributed by atoms with Crippen molar-refractivity contribution >= 4 is 5.78 Å². The maximum Gasteiger partial charge on any atom is 0.261 e. The molecule has 5 heteroatoms. The van der Waals surface area contributed by atoms with Crippen molar-refractivity contribution in [2.75, 3.05) is 6.61 Å². The molecule has 1 atom stereocenters. The van der Waals surface area contributed by atoms with Gasteiger partial charge in [0, 0.05) is 5.56 Å². The van der Waals surface area contributed by atoms with Crippen molar-refractivity contribution in [3.8, 4) is 0 Å². The topological polar surface area (TPSA) is 26.3 Å². The number of benzene rings is 1.